The second-order valence-corrected chi connectivity index (χ2v) is 6.04. The Kier molecular flexibility index (Phi) is 3.82. The summed E-state index contributed by atoms with van der Waals surface area (Å²) in [5, 5.41) is 17.0. The number of aliphatic hydroxyl groups is 1. The van der Waals surface area contributed by atoms with Gasteiger partial charge in [-0.2, -0.15) is 5.10 Å². The highest BCUT2D eigenvalue weighted by Gasteiger charge is 2.32. The average Bonchev–Trinajstić information content (AvgIpc) is 3.23. The number of carbonyl (C=O) groups is 1. The van der Waals surface area contributed by atoms with Crippen molar-refractivity contribution in [3.63, 3.8) is 0 Å². The van der Waals surface area contributed by atoms with Crippen LogP contribution in [-0.4, -0.2) is 26.9 Å². The van der Waals surface area contributed by atoms with E-state index in [1.165, 1.54) is 16.8 Å². The molecular formula is C19H16FN3O2. The maximum absolute atomic E-state index is 14.3. The third-order valence-electron chi connectivity index (χ3n) is 4.45. The Morgan fingerprint density at radius 1 is 1.24 bits per heavy atom. The molecule has 0 saturated carbocycles. The molecule has 1 aliphatic carbocycles. The third kappa shape index (κ3) is 2.81. The van der Waals surface area contributed by atoms with Gasteiger partial charge in [0.2, 0.25) is 0 Å². The van der Waals surface area contributed by atoms with E-state index in [0.717, 1.165) is 11.1 Å². The molecule has 0 saturated heterocycles. The molecule has 2 unspecified atom stereocenters. The van der Waals surface area contributed by atoms with Crippen LogP contribution in [0.4, 0.5) is 4.39 Å². The van der Waals surface area contributed by atoms with E-state index in [1.807, 2.05) is 24.3 Å². The van der Waals surface area contributed by atoms with E-state index in [2.05, 4.69) is 10.4 Å². The molecule has 5 nitrogen and oxygen atoms in total. The number of halogens is 1. The van der Waals surface area contributed by atoms with Crippen LogP contribution in [0.5, 0.6) is 0 Å². The van der Waals surface area contributed by atoms with Crippen molar-refractivity contribution in [2.24, 2.45) is 0 Å². The Morgan fingerprint density at radius 2 is 2.08 bits per heavy atom. The standard InChI is InChI=1S/C19H16FN3O2/c20-15-10-13(6-7-16(15)23-9-3-8-21-23)19(25)22-18-14-5-2-1-4-12(14)11-17(18)24/h1-10,17-18,24H,11H2,(H,22,25). The molecule has 0 radical (unpaired) electrons. The zero-order valence-corrected chi connectivity index (χ0v) is 13.3. The molecule has 2 aromatic carbocycles. The van der Waals surface area contributed by atoms with Gasteiger partial charge in [0, 0.05) is 24.4 Å². The number of amides is 1. The number of benzene rings is 2. The molecule has 25 heavy (non-hydrogen) atoms. The van der Waals surface area contributed by atoms with Crippen LogP contribution in [0.1, 0.15) is 27.5 Å². The van der Waals surface area contributed by atoms with E-state index in [1.54, 1.807) is 24.5 Å². The number of aliphatic hydroxyl groups excluding tert-OH is 1. The largest absolute Gasteiger partial charge is 0.390 e. The second kappa shape index (κ2) is 6.14. The Bertz CT molecular complexity index is 924. The Labute approximate surface area is 143 Å². The number of rotatable bonds is 3. The normalized spacial score (nSPS) is 18.8. The summed E-state index contributed by atoms with van der Waals surface area (Å²) in [4.78, 5) is 12.5. The van der Waals surface area contributed by atoms with Gasteiger partial charge in [0.1, 0.15) is 11.5 Å². The van der Waals surface area contributed by atoms with E-state index in [9.17, 15) is 14.3 Å². The summed E-state index contributed by atoms with van der Waals surface area (Å²) in [6, 6.07) is 13.0. The number of nitrogens with zero attached hydrogens (tertiary/aromatic N) is 2. The van der Waals surface area contributed by atoms with Crippen molar-refractivity contribution in [1.29, 1.82) is 0 Å². The van der Waals surface area contributed by atoms with Crippen LogP contribution in [0.15, 0.2) is 60.9 Å². The predicted molar refractivity (Wildman–Crippen MR) is 89.9 cm³/mol. The molecular weight excluding hydrogens is 321 g/mol. The van der Waals surface area contributed by atoms with Crippen LogP contribution in [-0.2, 0) is 6.42 Å². The van der Waals surface area contributed by atoms with Crippen LogP contribution < -0.4 is 5.32 Å². The highest BCUT2D eigenvalue weighted by atomic mass is 19.1. The van der Waals surface area contributed by atoms with E-state index in [4.69, 9.17) is 0 Å². The topological polar surface area (TPSA) is 67.2 Å². The molecule has 1 amide bonds. The highest BCUT2D eigenvalue weighted by molar-refractivity contribution is 5.94. The zero-order chi connectivity index (χ0) is 17.4. The number of hydrogen-bond acceptors (Lipinski definition) is 3. The predicted octanol–water partition coefficient (Wildman–Crippen LogP) is 2.40. The molecule has 1 aromatic heterocycles. The first kappa shape index (κ1) is 15.5. The molecule has 0 bridgehead atoms. The number of hydrogen-bond donors (Lipinski definition) is 2. The van der Waals surface area contributed by atoms with Gasteiger partial charge in [0.05, 0.1) is 12.1 Å². The lowest BCUT2D eigenvalue weighted by Gasteiger charge is -2.18. The van der Waals surface area contributed by atoms with Gasteiger partial charge in [-0.25, -0.2) is 9.07 Å². The Morgan fingerprint density at radius 3 is 2.84 bits per heavy atom. The summed E-state index contributed by atoms with van der Waals surface area (Å²) in [6.45, 7) is 0. The molecule has 126 valence electrons. The molecule has 6 heteroatoms. The van der Waals surface area contributed by atoms with Crippen molar-refractivity contribution in [2.75, 3.05) is 0 Å². The Hall–Kier alpha value is -2.99. The summed E-state index contributed by atoms with van der Waals surface area (Å²) in [5.41, 5.74) is 2.38. The molecule has 0 fully saturated rings. The number of aromatic nitrogens is 2. The van der Waals surface area contributed by atoms with E-state index < -0.39 is 23.9 Å². The number of fused-ring (bicyclic) bond motifs is 1. The minimum atomic E-state index is -0.686. The van der Waals surface area contributed by atoms with Gasteiger partial charge in [-0.15, -0.1) is 0 Å². The first-order valence-corrected chi connectivity index (χ1v) is 8.00. The van der Waals surface area contributed by atoms with Crippen molar-refractivity contribution in [3.05, 3.63) is 83.4 Å². The van der Waals surface area contributed by atoms with Gasteiger partial charge in [0.25, 0.3) is 5.91 Å². The minimum absolute atomic E-state index is 0.199. The SMILES string of the molecule is O=C(NC1c2ccccc2CC1O)c1ccc(-n2cccn2)c(F)c1. The van der Waals surface area contributed by atoms with Crippen molar-refractivity contribution in [3.8, 4) is 5.69 Å². The van der Waals surface area contributed by atoms with Gasteiger partial charge < -0.3 is 10.4 Å². The summed E-state index contributed by atoms with van der Waals surface area (Å²) in [6.07, 6.45) is 2.99. The fraction of sp³-hybridized carbons (Fsp3) is 0.158. The van der Waals surface area contributed by atoms with Crippen LogP contribution >= 0.6 is 0 Å². The van der Waals surface area contributed by atoms with E-state index in [0.29, 0.717) is 6.42 Å². The van der Waals surface area contributed by atoms with Crippen molar-refractivity contribution in [2.45, 2.75) is 18.6 Å². The summed E-state index contributed by atoms with van der Waals surface area (Å²) in [7, 11) is 0. The Balaban J connectivity index is 1.57. The first-order valence-electron chi connectivity index (χ1n) is 8.00. The lowest BCUT2D eigenvalue weighted by molar-refractivity contribution is 0.0858. The second-order valence-electron chi connectivity index (χ2n) is 6.04. The van der Waals surface area contributed by atoms with E-state index in [-0.39, 0.29) is 11.3 Å². The highest BCUT2D eigenvalue weighted by Crippen LogP contribution is 2.31. The van der Waals surface area contributed by atoms with Gasteiger partial charge in [-0.05, 0) is 35.4 Å². The van der Waals surface area contributed by atoms with Crippen molar-refractivity contribution < 1.29 is 14.3 Å². The van der Waals surface area contributed by atoms with Gasteiger partial charge >= 0.3 is 0 Å². The smallest absolute Gasteiger partial charge is 0.251 e. The lowest BCUT2D eigenvalue weighted by atomic mass is 10.1. The molecule has 3 aromatic rings. The molecule has 1 heterocycles. The maximum Gasteiger partial charge on any atom is 0.251 e. The average molecular weight is 337 g/mol. The quantitative estimate of drug-likeness (QED) is 0.771. The molecule has 2 atom stereocenters. The molecule has 2 N–H and O–H groups in total. The fourth-order valence-electron chi connectivity index (χ4n) is 3.22. The first-order chi connectivity index (χ1) is 12.1. The summed E-state index contributed by atoms with van der Waals surface area (Å²) in [5.74, 6) is -0.963. The van der Waals surface area contributed by atoms with Gasteiger partial charge in [0.15, 0.2) is 0 Å². The van der Waals surface area contributed by atoms with Gasteiger partial charge in [-0.1, -0.05) is 24.3 Å². The van der Waals surface area contributed by atoms with Gasteiger partial charge in [-0.3, -0.25) is 4.79 Å². The van der Waals surface area contributed by atoms with Crippen LogP contribution in [0, 0.1) is 5.82 Å². The van der Waals surface area contributed by atoms with Crippen LogP contribution in [0.2, 0.25) is 0 Å². The molecule has 0 spiro atoms. The molecule has 1 aliphatic rings. The molecule has 4 rings (SSSR count). The monoisotopic (exact) mass is 337 g/mol. The van der Waals surface area contributed by atoms with Crippen molar-refractivity contribution in [1.82, 2.24) is 15.1 Å². The summed E-state index contributed by atoms with van der Waals surface area (Å²) >= 11 is 0. The molecule has 0 aliphatic heterocycles. The van der Waals surface area contributed by atoms with E-state index >= 15 is 0 Å². The minimum Gasteiger partial charge on any atom is -0.390 e. The van der Waals surface area contributed by atoms with Crippen LogP contribution in [0.25, 0.3) is 5.69 Å². The summed E-state index contributed by atoms with van der Waals surface area (Å²) < 4.78 is 15.7. The fourth-order valence-corrected chi connectivity index (χ4v) is 3.22. The van der Waals surface area contributed by atoms with Crippen molar-refractivity contribution >= 4 is 5.91 Å². The number of carbonyl (C=O) groups excluding carboxylic acids is 1. The number of nitrogens with one attached hydrogen (secondary N) is 1. The zero-order valence-electron chi connectivity index (χ0n) is 13.3. The lowest BCUT2D eigenvalue weighted by Crippen LogP contribution is -2.33. The maximum atomic E-state index is 14.3. The van der Waals surface area contributed by atoms with Crippen LogP contribution in [0.3, 0.4) is 0 Å². The third-order valence-corrected chi connectivity index (χ3v) is 4.45.